The minimum absolute atomic E-state index is 0.106. The molecule has 3 N–H and O–H groups in total. The van der Waals surface area contributed by atoms with E-state index in [1.165, 1.54) is 23.5 Å². The highest BCUT2D eigenvalue weighted by molar-refractivity contribution is 7.25. The van der Waals surface area contributed by atoms with Gasteiger partial charge in [-0.05, 0) is 49.4 Å². The van der Waals surface area contributed by atoms with Gasteiger partial charge in [-0.15, -0.1) is 11.3 Å². The normalized spacial score (nSPS) is 11.6. The van der Waals surface area contributed by atoms with Gasteiger partial charge in [-0.25, -0.2) is 9.37 Å². The number of benzene rings is 2. The quantitative estimate of drug-likeness (QED) is 0.233. The van der Waals surface area contributed by atoms with Gasteiger partial charge < -0.3 is 15.7 Å². The average Bonchev–Trinajstić information content (AvgIpc) is 2.71. The van der Waals surface area contributed by atoms with Crippen LogP contribution in [0.15, 0.2) is 41.2 Å². The summed E-state index contributed by atoms with van der Waals surface area (Å²) in [5.74, 6) is 0.191. The summed E-state index contributed by atoms with van der Waals surface area (Å²) in [4.78, 5) is 18.0. The number of hydrogen-bond acceptors (Lipinski definition) is 6. The summed E-state index contributed by atoms with van der Waals surface area (Å²) in [6.07, 6.45) is 0.829. The summed E-state index contributed by atoms with van der Waals surface area (Å²) in [5.41, 5.74) is 0.429. The van der Waals surface area contributed by atoms with Crippen LogP contribution in [0.3, 0.4) is 0 Å². The maximum atomic E-state index is 13.8. The monoisotopic (exact) mass is 431 g/mol. The van der Waals surface area contributed by atoms with Crippen LogP contribution in [-0.2, 0) is 0 Å². The molecule has 0 amide bonds. The van der Waals surface area contributed by atoms with Gasteiger partial charge in [-0.3, -0.25) is 4.79 Å². The van der Waals surface area contributed by atoms with E-state index in [0.717, 1.165) is 17.7 Å². The lowest BCUT2D eigenvalue weighted by atomic mass is 10.1. The second-order valence-corrected chi connectivity index (χ2v) is 8.14. The third kappa shape index (κ3) is 4.04. The third-order valence-electron chi connectivity index (χ3n) is 4.64. The zero-order valence-electron chi connectivity index (χ0n) is 15.5. The van der Waals surface area contributed by atoms with Crippen LogP contribution in [0.1, 0.15) is 6.42 Å². The first-order valence-electron chi connectivity index (χ1n) is 9.29. The number of fused-ring (bicyclic) bond motifs is 4. The highest BCUT2D eigenvalue weighted by Gasteiger charge is 2.15. The van der Waals surface area contributed by atoms with E-state index in [9.17, 15) is 9.18 Å². The fourth-order valence-electron chi connectivity index (χ4n) is 3.30. The lowest BCUT2D eigenvalue weighted by molar-refractivity contribution is 0.292. The molecule has 0 atom stereocenters. The summed E-state index contributed by atoms with van der Waals surface area (Å²) < 4.78 is 15.2. The molecule has 0 saturated carbocycles. The number of nitrogens with zero attached hydrogens (tertiary/aromatic N) is 1. The van der Waals surface area contributed by atoms with E-state index in [1.807, 2.05) is 0 Å². The lowest BCUT2D eigenvalue weighted by Crippen LogP contribution is -2.21. The standard InChI is InChI=1S/C21H19ClFN3O2S/c22-12-2-4-16-14(10-12)18-19(28)15-11-13(23)3-5-17(15)29-20(18)21(26-16)25-7-1-6-24-8-9-27/h2-5,10-11,24,27H,1,6-9H2,(H,25,26). The maximum Gasteiger partial charge on any atom is 0.196 e. The molecule has 8 heteroatoms. The number of pyridine rings is 1. The molecular weight excluding hydrogens is 413 g/mol. The van der Waals surface area contributed by atoms with Crippen molar-refractivity contribution in [2.45, 2.75) is 6.42 Å². The van der Waals surface area contributed by atoms with Crippen LogP contribution in [-0.4, -0.2) is 36.3 Å². The molecule has 0 spiro atoms. The van der Waals surface area contributed by atoms with Gasteiger partial charge in [-0.1, -0.05) is 11.6 Å². The molecule has 0 fully saturated rings. The molecule has 0 saturated heterocycles. The van der Waals surface area contributed by atoms with Gasteiger partial charge in [-0.2, -0.15) is 0 Å². The predicted octanol–water partition coefficient (Wildman–Crippen LogP) is 4.14. The van der Waals surface area contributed by atoms with Gasteiger partial charge in [0.05, 0.1) is 22.2 Å². The second-order valence-electron chi connectivity index (χ2n) is 6.65. The van der Waals surface area contributed by atoms with Crippen LogP contribution < -0.4 is 16.1 Å². The topological polar surface area (TPSA) is 74.2 Å². The Kier molecular flexibility index (Phi) is 5.91. The molecule has 150 valence electrons. The molecule has 4 aromatic rings. The first kappa shape index (κ1) is 20.0. The number of nitrogens with one attached hydrogen (secondary N) is 2. The molecule has 29 heavy (non-hydrogen) atoms. The zero-order chi connectivity index (χ0) is 20.4. The molecule has 2 aromatic carbocycles. The molecule has 5 nitrogen and oxygen atoms in total. The van der Waals surface area contributed by atoms with Crippen LogP contribution in [0.25, 0.3) is 31.1 Å². The number of halogens is 2. The number of anilines is 1. The SMILES string of the molecule is O=c1c2cc(F)ccc2sc2c(NCCCNCCO)nc3ccc(Cl)cc3c12. The van der Waals surface area contributed by atoms with E-state index in [-0.39, 0.29) is 12.0 Å². The highest BCUT2D eigenvalue weighted by Crippen LogP contribution is 2.35. The van der Waals surface area contributed by atoms with Crippen molar-refractivity contribution in [2.24, 2.45) is 0 Å². The Bertz CT molecular complexity index is 1260. The van der Waals surface area contributed by atoms with Gasteiger partial charge in [0.1, 0.15) is 11.6 Å². The zero-order valence-corrected chi connectivity index (χ0v) is 17.0. The number of aliphatic hydroxyl groups excluding tert-OH is 1. The molecule has 0 aliphatic carbocycles. The van der Waals surface area contributed by atoms with Crippen LogP contribution in [0.4, 0.5) is 10.2 Å². The molecular formula is C21H19ClFN3O2S. The van der Waals surface area contributed by atoms with Crippen LogP contribution in [0.2, 0.25) is 5.02 Å². The smallest absolute Gasteiger partial charge is 0.196 e. The van der Waals surface area contributed by atoms with Crippen LogP contribution >= 0.6 is 22.9 Å². The summed E-state index contributed by atoms with van der Waals surface area (Å²) in [7, 11) is 0. The van der Waals surface area contributed by atoms with Crippen molar-refractivity contribution in [3.05, 3.63) is 57.5 Å². The van der Waals surface area contributed by atoms with E-state index in [0.29, 0.717) is 50.3 Å². The maximum absolute atomic E-state index is 13.8. The van der Waals surface area contributed by atoms with Gasteiger partial charge >= 0.3 is 0 Å². The molecule has 2 heterocycles. The molecule has 2 aromatic heterocycles. The van der Waals surface area contributed by atoms with E-state index in [2.05, 4.69) is 10.6 Å². The Labute approximate surface area is 175 Å². The Morgan fingerprint density at radius 3 is 2.79 bits per heavy atom. The Morgan fingerprint density at radius 1 is 1.10 bits per heavy atom. The van der Waals surface area contributed by atoms with E-state index < -0.39 is 5.82 Å². The fraction of sp³-hybridized carbons (Fsp3) is 0.238. The van der Waals surface area contributed by atoms with E-state index >= 15 is 0 Å². The van der Waals surface area contributed by atoms with Crippen molar-refractivity contribution >= 4 is 59.8 Å². The van der Waals surface area contributed by atoms with Gasteiger partial charge in [0.15, 0.2) is 5.43 Å². The van der Waals surface area contributed by atoms with Crippen molar-refractivity contribution in [1.82, 2.24) is 10.3 Å². The largest absolute Gasteiger partial charge is 0.395 e. The molecule has 0 aliphatic heterocycles. The van der Waals surface area contributed by atoms with Crippen molar-refractivity contribution in [3.8, 4) is 0 Å². The number of aliphatic hydroxyl groups is 1. The third-order valence-corrected chi connectivity index (χ3v) is 6.05. The van der Waals surface area contributed by atoms with E-state index in [4.69, 9.17) is 21.7 Å². The van der Waals surface area contributed by atoms with Crippen molar-refractivity contribution in [2.75, 3.05) is 31.6 Å². The summed E-state index contributed by atoms with van der Waals surface area (Å²) >= 11 is 7.58. The number of aromatic nitrogens is 1. The Morgan fingerprint density at radius 2 is 1.97 bits per heavy atom. The minimum Gasteiger partial charge on any atom is -0.395 e. The number of hydrogen-bond donors (Lipinski definition) is 3. The predicted molar refractivity (Wildman–Crippen MR) is 119 cm³/mol. The molecule has 0 aliphatic rings. The molecule has 4 rings (SSSR count). The Hall–Kier alpha value is -2.32. The molecule has 0 radical (unpaired) electrons. The number of rotatable bonds is 7. The second kappa shape index (κ2) is 8.59. The first-order valence-corrected chi connectivity index (χ1v) is 10.5. The lowest BCUT2D eigenvalue weighted by Gasteiger charge is -2.12. The fourth-order valence-corrected chi connectivity index (χ4v) is 4.61. The van der Waals surface area contributed by atoms with Crippen molar-refractivity contribution in [1.29, 1.82) is 0 Å². The van der Waals surface area contributed by atoms with Gasteiger partial charge in [0.2, 0.25) is 0 Å². The first-order chi connectivity index (χ1) is 14.1. The van der Waals surface area contributed by atoms with Crippen molar-refractivity contribution < 1.29 is 9.50 Å². The average molecular weight is 432 g/mol. The van der Waals surface area contributed by atoms with Gasteiger partial charge in [0, 0.05) is 33.6 Å². The van der Waals surface area contributed by atoms with Gasteiger partial charge in [0.25, 0.3) is 0 Å². The van der Waals surface area contributed by atoms with Crippen LogP contribution in [0.5, 0.6) is 0 Å². The molecule has 0 bridgehead atoms. The van der Waals surface area contributed by atoms with E-state index in [1.54, 1.807) is 24.3 Å². The summed E-state index contributed by atoms with van der Waals surface area (Å²) in [6, 6.07) is 9.51. The van der Waals surface area contributed by atoms with Crippen molar-refractivity contribution in [3.63, 3.8) is 0 Å². The molecule has 0 unspecified atom stereocenters. The van der Waals surface area contributed by atoms with Crippen LogP contribution in [0, 0.1) is 5.82 Å². The summed E-state index contributed by atoms with van der Waals surface area (Å²) in [5, 5.41) is 17.3. The minimum atomic E-state index is -0.439. The highest BCUT2D eigenvalue weighted by atomic mass is 35.5. The Balaban J connectivity index is 1.86. The summed E-state index contributed by atoms with van der Waals surface area (Å²) in [6.45, 7) is 2.08.